The fourth-order valence-electron chi connectivity index (χ4n) is 4.30. The number of anilines is 1. The summed E-state index contributed by atoms with van der Waals surface area (Å²) in [6.07, 6.45) is 1.38. The average Bonchev–Trinajstić information content (AvgIpc) is 3.43. The third-order valence-corrected chi connectivity index (χ3v) is 7.18. The van der Waals surface area contributed by atoms with Gasteiger partial charge in [-0.15, -0.1) is 0 Å². The zero-order valence-corrected chi connectivity index (χ0v) is 21.4. The highest BCUT2D eigenvalue weighted by atomic mass is 32.1. The number of non-ortho nitro benzene ring substituents is 1. The minimum absolute atomic E-state index is 0.114. The Morgan fingerprint density at radius 3 is 2.63 bits per heavy atom. The van der Waals surface area contributed by atoms with Gasteiger partial charge in [-0.25, -0.2) is 4.99 Å². The van der Waals surface area contributed by atoms with Gasteiger partial charge in [-0.3, -0.25) is 24.3 Å². The Balaban J connectivity index is 1.68. The number of aromatic hydroxyl groups is 1. The van der Waals surface area contributed by atoms with Crippen LogP contribution in [0.4, 0.5) is 11.4 Å². The van der Waals surface area contributed by atoms with Crippen LogP contribution in [0.5, 0.6) is 5.75 Å². The molecule has 3 heterocycles. The van der Waals surface area contributed by atoms with Crippen LogP contribution >= 0.6 is 11.3 Å². The number of nitrogens with zero attached hydrogens (tertiary/aromatic N) is 3. The van der Waals surface area contributed by atoms with Gasteiger partial charge in [0, 0.05) is 23.4 Å². The second kappa shape index (κ2) is 9.60. The molecular weight excluding hydrogens is 508 g/mol. The largest absolute Gasteiger partial charge is 0.507 e. The number of carbonyl (C=O) groups is 1. The number of allylic oxidation sites excluding steroid dienone is 1. The monoisotopic (exact) mass is 530 g/mol. The SMILES string of the molecule is CC1=C(C(=O)Nc2ccccc2C)C(c2ccc(C)o2)n2c(s/c(=C/c3cc([N+](=O)[O-])ccc3O)c2=O)=N1. The summed E-state index contributed by atoms with van der Waals surface area (Å²) in [7, 11) is 0. The molecule has 192 valence electrons. The molecule has 0 aliphatic carbocycles. The van der Waals surface area contributed by atoms with Gasteiger partial charge in [-0.05, 0) is 56.7 Å². The summed E-state index contributed by atoms with van der Waals surface area (Å²) in [5.74, 6) is 0.355. The highest BCUT2D eigenvalue weighted by molar-refractivity contribution is 7.07. The van der Waals surface area contributed by atoms with Crippen LogP contribution in [0.3, 0.4) is 0 Å². The number of thiazole rings is 1. The van der Waals surface area contributed by atoms with Gasteiger partial charge in [0.05, 0.1) is 20.7 Å². The Morgan fingerprint density at radius 2 is 1.95 bits per heavy atom. The van der Waals surface area contributed by atoms with E-state index >= 15 is 0 Å². The molecule has 1 aliphatic rings. The number of aromatic nitrogens is 1. The summed E-state index contributed by atoms with van der Waals surface area (Å²) in [6, 6.07) is 13.5. The number of carbonyl (C=O) groups excluding carboxylic acids is 1. The molecule has 2 aromatic heterocycles. The van der Waals surface area contributed by atoms with Crippen LogP contribution in [-0.4, -0.2) is 20.5 Å². The Labute approximate surface area is 219 Å². The Kier molecular flexibility index (Phi) is 6.29. The summed E-state index contributed by atoms with van der Waals surface area (Å²) in [5.41, 5.74) is 1.58. The standard InChI is InChI=1S/C27H22N4O6S/c1-14-6-4-5-7-19(14)29-25(33)23-16(3)28-27-30(24(23)21-11-8-15(2)37-21)26(34)22(38-27)13-17-12-18(31(35)36)9-10-20(17)32/h4-13,24,32H,1-3H3,(H,29,33)/b22-13+. The van der Waals surface area contributed by atoms with Crippen molar-refractivity contribution < 1.29 is 19.2 Å². The number of phenols is 1. The minimum Gasteiger partial charge on any atom is -0.507 e. The average molecular weight is 531 g/mol. The molecule has 0 spiro atoms. The van der Waals surface area contributed by atoms with Gasteiger partial charge in [-0.1, -0.05) is 29.5 Å². The third-order valence-electron chi connectivity index (χ3n) is 6.20. The summed E-state index contributed by atoms with van der Waals surface area (Å²) in [5, 5.41) is 24.4. The van der Waals surface area contributed by atoms with Gasteiger partial charge < -0.3 is 14.8 Å². The van der Waals surface area contributed by atoms with E-state index in [1.807, 2.05) is 25.1 Å². The molecule has 0 saturated carbocycles. The lowest BCUT2D eigenvalue weighted by Gasteiger charge is -2.23. The maximum absolute atomic E-state index is 13.7. The fourth-order valence-corrected chi connectivity index (χ4v) is 5.33. The molecule has 1 unspecified atom stereocenters. The van der Waals surface area contributed by atoms with Crippen molar-refractivity contribution >= 4 is 34.7 Å². The van der Waals surface area contributed by atoms with Crippen molar-refractivity contribution in [2.24, 2.45) is 4.99 Å². The van der Waals surface area contributed by atoms with Crippen LogP contribution in [0.15, 0.2) is 80.1 Å². The molecule has 0 fully saturated rings. The van der Waals surface area contributed by atoms with Crippen molar-refractivity contribution in [3.8, 4) is 5.75 Å². The molecule has 2 N–H and O–H groups in total. The molecule has 0 radical (unpaired) electrons. The number of amides is 1. The zero-order chi connectivity index (χ0) is 27.1. The summed E-state index contributed by atoms with van der Waals surface area (Å²) >= 11 is 1.05. The molecule has 0 saturated heterocycles. The number of aryl methyl sites for hydroxylation is 2. The van der Waals surface area contributed by atoms with Crippen LogP contribution in [-0.2, 0) is 4.79 Å². The first kappa shape index (κ1) is 24.9. The lowest BCUT2D eigenvalue weighted by atomic mass is 10.00. The first-order chi connectivity index (χ1) is 18.1. The number of phenolic OH excluding ortho intramolecular Hbond substituents is 1. The van der Waals surface area contributed by atoms with E-state index in [0.29, 0.717) is 27.7 Å². The Hall–Kier alpha value is -4.77. The number of rotatable bonds is 5. The molecule has 1 atom stereocenters. The number of benzene rings is 2. The maximum Gasteiger partial charge on any atom is 0.271 e. The van der Waals surface area contributed by atoms with Crippen molar-refractivity contribution in [3.63, 3.8) is 0 Å². The van der Waals surface area contributed by atoms with Crippen LogP contribution in [0, 0.1) is 24.0 Å². The molecule has 2 aromatic carbocycles. The summed E-state index contributed by atoms with van der Waals surface area (Å²) in [4.78, 5) is 42.8. The lowest BCUT2D eigenvalue weighted by Crippen LogP contribution is -2.40. The van der Waals surface area contributed by atoms with Crippen LogP contribution in [0.25, 0.3) is 6.08 Å². The molecule has 10 nitrogen and oxygen atoms in total. The molecular formula is C27H22N4O6S. The van der Waals surface area contributed by atoms with Crippen molar-refractivity contribution in [3.05, 3.63) is 118 Å². The Bertz CT molecular complexity index is 1830. The predicted molar refractivity (Wildman–Crippen MR) is 142 cm³/mol. The molecule has 4 aromatic rings. The summed E-state index contributed by atoms with van der Waals surface area (Å²) in [6.45, 7) is 5.34. The summed E-state index contributed by atoms with van der Waals surface area (Å²) < 4.78 is 7.45. The minimum atomic E-state index is -0.898. The molecule has 38 heavy (non-hydrogen) atoms. The fraction of sp³-hybridized carbons (Fsp3) is 0.148. The van der Waals surface area contributed by atoms with Crippen molar-refractivity contribution in [2.45, 2.75) is 26.8 Å². The van der Waals surface area contributed by atoms with Gasteiger partial charge in [0.15, 0.2) is 4.80 Å². The van der Waals surface area contributed by atoms with Gasteiger partial charge in [-0.2, -0.15) is 0 Å². The first-order valence-corrected chi connectivity index (χ1v) is 12.4. The van der Waals surface area contributed by atoms with Crippen LogP contribution in [0.2, 0.25) is 0 Å². The van der Waals surface area contributed by atoms with Gasteiger partial charge in [0.2, 0.25) is 0 Å². The number of nitro groups is 1. The number of nitro benzene ring substituents is 1. The van der Waals surface area contributed by atoms with E-state index in [1.165, 1.54) is 28.8 Å². The van der Waals surface area contributed by atoms with Crippen molar-refractivity contribution in [1.82, 2.24) is 4.57 Å². The molecule has 5 rings (SSSR count). The highest BCUT2D eigenvalue weighted by Crippen LogP contribution is 2.32. The predicted octanol–water partition coefficient (Wildman–Crippen LogP) is 3.70. The van der Waals surface area contributed by atoms with Crippen LogP contribution < -0.4 is 20.2 Å². The molecule has 11 heteroatoms. The van der Waals surface area contributed by atoms with E-state index in [9.17, 15) is 24.8 Å². The Morgan fingerprint density at radius 1 is 1.18 bits per heavy atom. The lowest BCUT2D eigenvalue weighted by molar-refractivity contribution is -0.384. The van der Waals surface area contributed by atoms with Crippen molar-refractivity contribution in [1.29, 1.82) is 0 Å². The van der Waals surface area contributed by atoms with E-state index in [1.54, 1.807) is 32.0 Å². The number of hydrogen-bond acceptors (Lipinski definition) is 8. The van der Waals surface area contributed by atoms with E-state index in [0.717, 1.165) is 16.9 Å². The van der Waals surface area contributed by atoms with E-state index in [4.69, 9.17) is 4.42 Å². The number of para-hydroxylation sites is 1. The normalized spacial score (nSPS) is 15.2. The number of furan rings is 1. The zero-order valence-electron chi connectivity index (χ0n) is 20.6. The van der Waals surface area contributed by atoms with Gasteiger partial charge >= 0.3 is 0 Å². The topological polar surface area (TPSA) is 140 Å². The third kappa shape index (κ3) is 4.43. The number of nitrogens with one attached hydrogen (secondary N) is 1. The maximum atomic E-state index is 13.7. The van der Waals surface area contributed by atoms with E-state index in [2.05, 4.69) is 10.3 Å². The highest BCUT2D eigenvalue weighted by Gasteiger charge is 2.34. The van der Waals surface area contributed by atoms with Crippen molar-refractivity contribution in [2.75, 3.05) is 5.32 Å². The smallest absolute Gasteiger partial charge is 0.271 e. The molecule has 0 bridgehead atoms. The number of fused-ring (bicyclic) bond motifs is 1. The quantitative estimate of drug-likeness (QED) is 0.298. The second-order valence-corrected chi connectivity index (χ2v) is 9.81. The second-order valence-electron chi connectivity index (χ2n) is 8.80. The van der Waals surface area contributed by atoms with E-state index < -0.39 is 22.4 Å². The number of hydrogen-bond donors (Lipinski definition) is 2. The van der Waals surface area contributed by atoms with Crippen LogP contribution in [0.1, 0.15) is 35.6 Å². The first-order valence-electron chi connectivity index (χ1n) is 11.6. The molecule has 1 amide bonds. The van der Waals surface area contributed by atoms with Gasteiger partial charge in [0.1, 0.15) is 23.3 Å². The van der Waals surface area contributed by atoms with Gasteiger partial charge in [0.25, 0.3) is 17.2 Å². The molecule has 1 aliphatic heterocycles. The van der Waals surface area contributed by atoms with E-state index in [-0.39, 0.29) is 27.1 Å².